The van der Waals surface area contributed by atoms with Gasteiger partial charge >= 0.3 is 18.5 Å². The number of carbonyl (C=O) groups excluding carboxylic acids is 1. The van der Waals surface area contributed by atoms with Gasteiger partial charge in [-0.25, -0.2) is 4.39 Å². The van der Waals surface area contributed by atoms with Crippen molar-refractivity contribution >= 4 is 5.91 Å². The van der Waals surface area contributed by atoms with Crippen molar-refractivity contribution in [1.29, 1.82) is 0 Å². The molecular weight excluding hydrogens is 484 g/mol. The van der Waals surface area contributed by atoms with Crippen molar-refractivity contribution in [3.63, 3.8) is 0 Å². The minimum Gasteiger partial charge on any atom is -0.415 e. The van der Waals surface area contributed by atoms with E-state index < -0.39 is 60.7 Å². The Morgan fingerprint density at radius 2 is 1.91 bits per heavy atom. The molecule has 7 nitrogen and oxygen atoms in total. The summed E-state index contributed by atoms with van der Waals surface area (Å²) in [6.07, 6.45) is -8.71. The number of amides is 1. The molecule has 2 aliphatic rings. The third kappa shape index (κ3) is 4.45. The third-order valence-electron chi connectivity index (χ3n) is 5.61. The summed E-state index contributed by atoms with van der Waals surface area (Å²) >= 11 is 0. The summed E-state index contributed by atoms with van der Waals surface area (Å²) in [4.78, 5) is 14.2. The van der Waals surface area contributed by atoms with E-state index in [9.17, 15) is 39.9 Å². The van der Waals surface area contributed by atoms with E-state index in [4.69, 9.17) is 9.15 Å². The van der Waals surface area contributed by atoms with Crippen LogP contribution in [0.4, 0.5) is 35.1 Å². The van der Waals surface area contributed by atoms with Crippen LogP contribution in [0.1, 0.15) is 34.7 Å². The molecule has 0 bridgehead atoms. The number of benzene rings is 1. The maximum atomic E-state index is 14.8. The Balaban J connectivity index is 1.56. The summed E-state index contributed by atoms with van der Waals surface area (Å²) in [6.45, 7) is -2.14. The first-order valence-electron chi connectivity index (χ1n) is 9.90. The number of ether oxygens (including phenoxy) is 1. The number of alkyl halides is 7. The number of fused-ring (bicyclic) bond motifs is 1. The van der Waals surface area contributed by atoms with Gasteiger partial charge in [0, 0.05) is 23.3 Å². The lowest BCUT2D eigenvalue weighted by molar-refractivity contribution is -0.280. The van der Waals surface area contributed by atoms with Crippen LogP contribution in [0.5, 0.6) is 0 Å². The van der Waals surface area contributed by atoms with Gasteiger partial charge in [0.25, 0.3) is 11.8 Å². The lowest BCUT2D eigenvalue weighted by atomic mass is 10.0. The largest absolute Gasteiger partial charge is 0.454 e. The Morgan fingerprint density at radius 1 is 1.18 bits per heavy atom. The van der Waals surface area contributed by atoms with Gasteiger partial charge < -0.3 is 19.4 Å². The highest BCUT2D eigenvalue weighted by atomic mass is 19.4. The van der Waals surface area contributed by atoms with E-state index >= 15 is 0 Å². The first kappa shape index (κ1) is 24.3. The maximum absolute atomic E-state index is 14.8. The molecule has 34 heavy (non-hydrogen) atoms. The molecule has 1 amide bonds. The maximum Gasteiger partial charge on any atom is 0.454 e. The zero-order valence-electron chi connectivity index (χ0n) is 17.0. The summed E-state index contributed by atoms with van der Waals surface area (Å²) in [5.41, 5.74) is -0.316. The number of hydrogen-bond donors (Lipinski definition) is 1. The molecular formula is C19H16F8N4O3. The second kappa shape index (κ2) is 8.76. The van der Waals surface area contributed by atoms with E-state index in [1.165, 1.54) is 6.07 Å². The predicted molar refractivity (Wildman–Crippen MR) is 96.5 cm³/mol. The van der Waals surface area contributed by atoms with E-state index in [1.54, 1.807) is 0 Å². The Kier molecular flexibility index (Phi) is 6.27. The molecule has 0 saturated carbocycles. The molecule has 0 unspecified atom stereocenters. The molecule has 0 radical (unpaired) electrons. The second-order valence-electron chi connectivity index (χ2n) is 7.78. The number of halogens is 8. The Morgan fingerprint density at radius 3 is 2.56 bits per heavy atom. The highest BCUT2D eigenvalue weighted by molar-refractivity contribution is 5.99. The van der Waals surface area contributed by atoms with Gasteiger partial charge in [-0.15, -0.1) is 10.2 Å². The fourth-order valence-electron chi connectivity index (χ4n) is 3.87. The molecule has 2 aromatic rings. The summed E-state index contributed by atoms with van der Waals surface area (Å²) < 4.78 is 114. The van der Waals surface area contributed by atoms with Gasteiger partial charge in [0.05, 0.1) is 31.8 Å². The minimum atomic E-state index is -5.76. The molecule has 4 rings (SSSR count). The van der Waals surface area contributed by atoms with Crippen LogP contribution < -0.4 is 5.32 Å². The van der Waals surface area contributed by atoms with Gasteiger partial charge in [-0.1, -0.05) is 0 Å². The van der Waals surface area contributed by atoms with E-state index in [2.05, 4.69) is 15.5 Å². The third-order valence-corrected chi connectivity index (χ3v) is 5.61. The Bertz CT molecular complexity index is 1070. The molecule has 1 N–H and O–H groups in total. The summed E-state index contributed by atoms with van der Waals surface area (Å²) in [7, 11) is 0. The van der Waals surface area contributed by atoms with Crippen molar-refractivity contribution in [1.82, 2.24) is 20.4 Å². The molecule has 2 atom stereocenters. The van der Waals surface area contributed by atoms with Crippen molar-refractivity contribution in [2.45, 2.75) is 43.6 Å². The van der Waals surface area contributed by atoms with Crippen LogP contribution in [0.3, 0.4) is 0 Å². The molecule has 1 fully saturated rings. The van der Waals surface area contributed by atoms with Crippen LogP contribution in [0, 0.1) is 5.82 Å². The van der Waals surface area contributed by atoms with Gasteiger partial charge in [0.1, 0.15) is 5.82 Å². The van der Waals surface area contributed by atoms with Crippen molar-refractivity contribution in [2.24, 2.45) is 0 Å². The lowest BCUT2D eigenvalue weighted by Crippen LogP contribution is -2.58. The highest BCUT2D eigenvalue weighted by Crippen LogP contribution is 2.36. The number of hydrogen-bond acceptors (Lipinski definition) is 6. The molecule has 186 valence electrons. The van der Waals surface area contributed by atoms with Gasteiger partial charge in [-0.3, -0.25) is 4.79 Å². The fraction of sp³-hybridized carbons (Fsp3) is 0.526. The molecule has 0 aliphatic carbocycles. The predicted octanol–water partition coefficient (Wildman–Crippen LogP) is 3.71. The fourth-order valence-corrected chi connectivity index (χ4v) is 3.87. The van der Waals surface area contributed by atoms with Gasteiger partial charge in [0.15, 0.2) is 0 Å². The first-order chi connectivity index (χ1) is 15.9. The summed E-state index contributed by atoms with van der Waals surface area (Å²) in [5, 5.41) is 8.67. The van der Waals surface area contributed by atoms with E-state index in [0.29, 0.717) is 0 Å². The summed E-state index contributed by atoms with van der Waals surface area (Å²) in [6, 6.07) is 0.145. The van der Waals surface area contributed by atoms with Gasteiger partial charge in [-0.2, -0.15) is 30.7 Å². The number of carbonyl (C=O) groups is 1. The minimum absolute atomic E-state index is 0.0480. The number of rotatable bonds is 6. The number of nitrogens with zero attached hydrogens (tertiary/aromatic N) is 3. The molecule has 1 aromatic heterocycles. The van der Waals surface area contributed by atoms with Crippen molar-refractivity contribution in [3.8, 4) is 11.5 Å². The molecule has 3 heterocycles. The quantitative estimate of drug-likeness (QED) is 0.610. The first-order valence-corrected chi connectivity index (χ1v) is 9.90. The zero-order valence-corrected chi connectivity index (χ0v) is 17.0. The van der Waals surface area contributed by atoms with Gasteiger partial charge in [-0.05, 0) is 18.6 Å². The topological polar surface area (TPSA) is 80.5 Å². The number of aromatic nitrogens is 2. The molecule has 0 spiro atoms. The average Bonchev–Trinajstić information content (AvgIpc) is 3.38. The Hall–Kier alpha value is -2.81. The van der Waals surface area contributed by atoms with Crippen LogP contribution >= 0.6 is 0 Å². The molecule has 2 aliphatic heterocycles. The zero-order chi connectivity index (χ0) is 24.8. The van der Waals surface area contributed by atoms with Crippen LogP contribution in [0.25, 0.3) is 11.5 Å². The van der Waals surface area contributed by atoms with Gasteiger partial charge in [0.2, 0.25) is 5.89 Å². The summed E-state index contributed by atoms with van der Waals surface area (Å²) in [5.74, 6) is -8.03. The second-order valence-corrected chi connectivity index (χ2v) is 7.78. The number of nitrogens with one attached hydrogen (secondary N) is 1. The van der Waals surface area contributed by atoms with E-state index in [1.807, 2.05) is 0 Å². The highest BCUT2D eigenvalue weighted by Gasteiger charge is 2.57. The van der Waals surface area contributed by atoms with E-state index in [0.717, 1.165) is 11.0 Å². The normalized spacial score (nSPS) is 21.4. The molecule has 15 heteroatoms. The standard InChI is InChI=1S/C19H16F8N4O3/c20-11-4-8(15-29-30-16(34-15)14(21)22)3-9-10(11)5-31(17(9)32)13-1-2-33-6-12(13)28-7-18(23,24)19(25,26)27/h3-4,12-14,28H,1-2,5-7H2/t12-,13+/m0/s1. The van der Waals surface area contributed by atoms with Crippen molar-refractivity contribution < 1.29 is 49.1 Å². The Labute approximate surface area is 186 Å². The van der Waals surface area contributed by atoms with Crippen LogP contribution in [-0.2, 0) is 11.3 Å². The van der Waals surface area contributed by atoms with Crippen molar-refractivity contribution in [2.75, 3.05) is 19.8 Å². The molecule has 1 saturated heterocycles. The van der Waals surface area contributed by atoms with Crippen LogP contribution in [0.2, 0.25) is 0 Å². The monoisotopic (exact) mass is 500 g/mol. The molecule has 1 aromatic carbocycles. The lowest BCUT2D eigenvalue weighted by Gasteiger charge is -2.38. The van der Waals surface area contributed by atoms with E-state index in [-0.39, 0.29) is 42.9 Å². The van der Waals surface area contributed by atoms with Crippen LogP contribution in [0.15, 0.2) is 16.5 Å². The smallest absolute Gasteiger partial charge is 0.415 e. The average molecular weight is 500 g/mol. The van der Waals surface area contributed by atoms with Crippen LogP contribution in [-0.4, -0.2) is 64.9 Å². The van der Waals surface area contributed by atoms with Crippen molar-refractivity contribution in [3.05, 3.63) is 35.0 Å². The SMILES string of the molecule is O=C1c2cc(-c3nnc(C(F)F)o3)cc(F)c2CN1[C@@H]1CCOC[C@@H]1NCC(F)(F)C(F)(F)F.